The first-order valence-corrected chi connectivity index (χ1v) is 5.91. The Morgan fingerprint density at radius 2 is 2.12 bits per heavy atom. The van der Waals surface area contributed by atoms with Gasteiger partial charge in [0.05, 0.1) is 0 Å². The summed E-state index contributed by atoms with van der Waals surface area (Å²) in [4.78, 5) is 15.2. The van der Waals surface area contributed by atoms with E-state index in [9.17, 15) is 9.18 Å². The van der Waals surface area contributed by atoms with E-state index in [4.69, 9.17) is 5.11 Å². The van der Waals surface area contributed by atoms with Crippen LogP contribution in [-0.4, -0.2) is 16.1 Å². The Morgan fingerprint density at radius 1 is 1.41 bits per heavy atom. The van der Waals surface area contributed by atoms with E-state index >= 15 is 0 Å². The van der Waals surface area contributed by atoms with Crippen molar-refractivity contribution in [2.24, 2.45) is 0 Å². The molecule has 1 aromatic heterocycles. The van der Waals surface area contributed by atoms with Crippen LogP contribution in [0.15, 0.2) is 35.8 Å². The molecule has 17 heavy (non-hydrogen) atoms. The molecule has 0 aliphatic heterocycles. The predicted molar refractivity (Wildman–Crippen MR) is 62.6 cm³/mol. The molecule has 1 unspecified atom stereocenters. The molecule has 0 spiro atoms. The lowest BCUT2D eigenvalue weighted by Crippen LogP contribution is -2.14. The van der Waals surface area contributed by atoms with Gasteiger partial charge in [0.25, 0.3) is 0 Å². The van der Waals surface area contributed by atoms with Crippen LogP contribution < -0.4 is 0 Å². The predicted octanol–water partition coefficient (Wildman–Crippen LogP) is 2.69. The van der Waals surface area contributed by atoms with Gasteiger partial charge in [-0.3, -0.25) is 4.79 Å². The smallest absolute Gasteiger partial charge is 0.313 e. The number of rotatable bonds is 4. The molecule has 0 saturated carbocycles. The van der Waals surface area contributed by atoms with Crippen molar-refractivity contribution in [1.82, 2.24) is 4.98 Å². The Balaban J connectivity index is 2.19. The highest BCUT2D eigenvalue weighted by Crippen LogP contribution is 2.23. The molecule has 0 bridgehead atoms. The van der Waals surface area contributed by atoms with Gasteiger partial charge in [-0.15, -0.1) is 11.3 Å². The van der Waals surface area contributed by atoms with Crippen molar-refractivity contribution in [3.8, 4) is 0 Å². The number of carbonyl (C=O) groups is 1. The average Bonchev–Trinajstić information content (AvgIpc) is 2.81. The number of aliphatic carboxylic acids is 1. The molecular formula is C12H10FNO2S. The van der Waals surface area contributed by atoms with Crippen molar-refractivity contribution in [2.45, 2.75) is 12.3 Å². The molecule has 5 heteroatoms. The van der Waals surface area contributed by atoms with Crippen molar-refractivity contribution in [3.63, 3.8) is 0 Å². The third-order valence-electron chi connectivity index (χ3n) is 2.40. The maximum atomic E-state index is 12.7. The molecule has 1 N–H and O–H groups in total. The number of carboxylic acid groups (broad SMARTS) is 1. The van der Waals surface area contributed by atoms with E-state index in [0.29, 0.717) is 11.4 Å². The SMILES string of the molecule is O=C(O)C(Cc1ccc(F)cc1)c1nccs1. The van der Waals surface area contributed by atoms with Gasteiger partial charge in [0, 0.05) is 11.6 Å². The van der Waals surface area contributed by atoms with Gasteiger partial charge >= 0.3 is 5.97 Å². The summed E-state index contributed by atoms with van der Waals surface area (Å²) in [6.07, 6.45) is 1.91. The van der Waals surface area contributed by atoms with Crippen molar-refractivity contribution in [1.29, 1.82) is 0 Å². The van der Waals surface area contributed by atoms with E-state index in [0.717, 1.165) is 5.56 Å². The van der Waals surface area contributed by atoms with Crippen LogP contribution >= 0.6 is 11.3 Å². The lowest BCUT2D eigenvalue weighted by Gasteiger charge is -2.09. The second-order valence-electron chi connectivity index (χ2n) is 3.59. The van der Waals surface area contributed by atoms with Crippen LogP contribution in [0, 0.1) is 5.82 Å². The van der Waals surface area contributed by atoms with E-state index in [1.54, 1.807) is 23.7 Å². The number of carboxylic acids is 1. The molecule has 1 heterocycles. The summed E-state index contributed by atoms with van der Waals surface area (Å²) in [5, 5.41) is 11.5. The highest BCUT2D eigenvalue weighted by atomic mass is 32.1. The molecule has 88 valence electrons. The topological polar surface area (TPSA) is 50.2 Å². The Kier molecular flexibility index (Phi) is 3.49. The molecular weight excluding hydrogens is 241 g/mol. The highest BCUT2D eigenvalue weighted by Gasteiger charge is 2.22. The van der Waals surface area contributed by atoms with Crippen LogP contribution in [0.2, 0.25) is 0 Å². The zero-order valence-electron chi connectivity index (χ0n) is 8.84. The second kappa shape index (κ2) is 5.05. The summed E-state index contributed by atoms with van der Waals surface area (Å²) in [7, 11) is 0. The van der Waals surface area contributed by atoms with Gasteiger partial charge < -0.3 is 5.11 Å². The normalized spacial score (nSPS) is 12.3. The molecule has 0 amide bonds. The number of aromatic nitrogens is 1. The zero-order valence-corrected chi connectivity index (χ0v) is 9.65. The first-order valence-electron chi connectivity index (χ1n) is 5.03. The first kappa shape index (κ1) is 11.7. The highest BCUT2D eigenvalue weighted by molar-refractivity contribution is 7.09. The summed E-state index contributed by atoms with van der Waals surface area (Å²) in [6, 6.07) is 5.85. The number of thiazole rings is 1. The Bertz CT molecular complexity index is 496. The van der Waals surface area contributed by atoms with Gasteiger partial charge in [-0.05, 0) is 24.1 Å². The van der Waals surface area contributed by atoms with Crippen LogP contribution in [0.4, 0.5) is 4.39 Å². The van der Waals surface area contributed by atoms with Crippen molar-refractivity contribution in [3.05, 3.63) is 52.2 Å². The third-order valence-corrected chi connectivity index (χ3v) is 3.29. The fourth-order valence-corrected chi connectivity index (χ4v) is 2.27. The molecule has 0 fully saturated rings. The molecule has 2 rings (SSSR count). The van der Waals surface area contributed by atoms with E-state index < -0.39 is 11.9 Å². The molecule has 0 aliphatic carbocycles. The maximum Gasteiger partial charge on any atom is 0.313 e. The van der Waals surface area contributed by atoms with Crippen LogP contribution in [0.1, 0.15) is 16.5 Å². The van der Waals surface area contributed by atoms with Gasteiger partial charge in [0.1, 0.15) is 16.7 Å². The summed E-state index contributed by atoms with van der Waals surface area (Å²) >= 11 is 1.32. The molecule has 0 saturated heterocycles. The second-order valence-corrected chi connectivity index (χ2v) is 4.52. The summed E-state index contributed by atoms with van der Waals surface area (Å²) in [5.74, 6) is -1.90. The van der Waals surface area contributed by atoms with Gasteiger partial charge in [-0.2, -0.15) is 0 Å². The minimum Gasteiger partial charge on any atom is -0.481 e. The standard InChI is InChI=1S/C12H10FNO2S/c13-9-3-1-8(2-4-9)7-10(12(15)16)11-14-5-6-17-11/h1-6,10H,7H2,(H,15,16). The Hall–Kier alpha value is -1.75. The first-order chi connectivity index (χ1) is 8.16. The molecule has 1 atom stereocenters. The van der Waals surface area contributed by atoms with Crippen LogP contribution in [0.3, 0.4) is 0 Å². The number of nitrogens with zero attached hydrogens (tertiary/aromatic N) is 1. The molecule has 2 aromatic rings. The monoisotopic (exact) mass is 251 g/mol. The zero-order chi connectivity index (χ0) is 12.3. The molecule has 0 aliphatic rings. The number of hydrogen-bond acceptors (Lipinski definition) is 3. The van der Waals surface area contributed by atoms with Crippen LogP contribution in [0.25, 0.3) is 0 Å². The van der Waals surface area contributed by atoms with Gasteiger partial charge in [0.2, 0.25) is 0 Å². The van der Waals surface area contributed by atoms with Crippen molar-refractivity contribution >= 4 is 17.3 Å². The third kappa shape index (κ3) is 2.88. The molecule has 3 nitrogen and oxygen atoms in total. The van der Waals surface area contributed by atoms with E-state index in [1.807, 2.05) is 0 Å². The van der Waals surface area contributed by atoms with E-state index in [2.05, 4.69) is 4.98 Å². The van der Waals surface area contributed by atoms with E-state index in [-0.39, 0.29) is 5.82 Å². The van der Waals surface area contributed by atoms with E-state index in [1.165, 1.54) is 23.5 Å². The molecule has 0 radical (unpaired) electrons. The maximum absolute atomic E-state index is 12.7. The quantitative estimate of drug-likeness (QED) is 0.908. The number of halogens is 1. The molecule has 1 aromatic carbocycles. The minimum atomic E-state index is -0.913. The fourth-order valence-electron chi connectivity index (χ4n) is 1.54. The summed E-state index contributed by atoms with van der Waals surface area (Å²) in [5.41, 5.74) is 0.786. The number of benzene rings is 1. The van der Waals surface area contributed by atoms with Crippen LogP contribution in [-0.2, 0) is 11.2 Å². The summed E-state index contributed by atoms with van der Waals surface area (Å²) < 4.78 is 12.7. The Morgan fingerprint density at radius 3 is 2.65 bits per heavy atom. The fraction of sp³-hybridized carbons (Fsp3) is 0.167. The Labute approximate surface area is 102 Å². The van der Waals surface area contributed by atoms with Gasteiger partial charge in [0.15, 0.2) is 0 Å². The minimum absolute atomic E-state index is 0.323. The van der Waals surface area contributed by atoms with Crippen molar-refractivity contribution in [2.75, 3.05) is 0 Å². The number of hydrogen-bond donors (Lipinski definition) is 1. The lowest BCUT2D eigenvalue weighted by molar-refractivity contribution is -0.138. The van der Waals surface area contributed by atoms with Gasteiger partial charge in [-0.1, -0.05) is 12.1 Å². The average molecular weight is 251 g/mol. The van der Waals surface area contributed by atoms with Crippen LogP contribution in [0.5, 0.6) is 0 Å². The summed E-state index contributed by atoms with van der Waals surface area (Å²) in [6.45, 7) is 0. The lowest BCUT2D eigenvalue weighted by atomic mass is 10.00. The van der Waals surface area contributed by atoms with Crippen molar-refractivity contribution < 1.29 is 14.3 Å². The van der Waals surface area contributed by atoms with Gasteiger partial charge in [-0.25, -0.2) is 9.37 Å². The largest absolute Gasteiger partial charge is 0.481 e.